The van der Waals surface area contributed by atoms with Crippen LogP contribution in [0.4, 0.5) is 11.4 Å². The Morgan fingerprint density at radius 3 is 2.44 bits per heavy atom. The summed E-state index contributed by atoms with van der Waals surface area (Å²) in [7, 11) is 0. The summed E-state index contributed by atoms with van der Waals surface area (Å²) >= 11 is 0. The molecule has 2 N–H and O–H groups in total. The summed E-state index contributed by atoms with van der Waals surface area (Å²) in [6.45, 7) is 7.94. The first kappa shape index (κ1) is 19.2. The number of hydrogen-bond donors (Lipinski definition) is 2. The molecule has 3 rings (SSSR count). The van der Waals surface area contributed by atoms with Gasteiger partial charge in [0.25, 0.3) is 0 Å². The van der Waals surface area contributed by atoms with Crippen molar-refractivity contribution in [2.75, 3.05) is 42.9 Å². The Morgan fingerprint density at radius 2 is 1.74 bits per heavy atom. The molecular weight excluding hydrogens is 338 g/mol. The van der Waals surface area contributed by atoms with E-state index < -0.39 is 0 Å². The third-order valence-electron chi connectivity index (χ3n) is 5.34. The molecule has 1 aliphatic heterocycles. The number of carbonyl (C=O) groups excluding carboxylic acids is 1. The molecule has 1 heterocycles. The predicted octanol–water partition coefficient (Wildman–Crippen LogP) is 3.67. The molecule has 0 saturated carbocycles. The zero-order valence-corrected chi connectivity index (χ0v) is 16.2. The highest BCUT2D eigenvalue weighted by Crippen LogP contribution is 2.28. The molecule has 1 atom stereocenters. The summed E-state index contributed by atoms with van der Waals surface area (Å²) in [5.74, 6) is 0.760. The standard InChI is InChI=1S/C22H29N3O2/c1-3-17(2)18-8-4-5-9-19(18)23-22(27)16-24-12-14-25(15-13-24)20-10-6-7-11-21(20)26/h4-11,17,26H,3,12-16H2,1-2H3,(H,23,27)/t17-/m0/s1. The SMILES string of the molecule is CC[C@H](C)c1ccccc1NC(=O)CN1CCN(c2ccccc2O)CC1. The monoisotopic (exact) mass is 367 g/mol. The van der Waals surface area contributed by atoms with Gasteiger partial charge in [-0.25, -0.2) is 0 Å². The molecule has 1 saturated heterocycles. The lowest BCUT2D eigenvalue weighted by Gasteiger charge is -2.36. The van der Waals surface area contributed by atoms with Crippen LogP contribution in [0.25, 0.3) is 0 Å². The molecule has 0 aliphatic carbocycles. The molecule has 5 nitrogen and oxygen atoms in total. The fraction of sp³-hybridized carbons (Fsp3) is 0.409. The third kappa shape index (κ3) is 4.80. The summed E-state index contributed by atoms with van der Waals surface area (Å²) < 4.78 is 0. The van der Waals surface area contributed by atoms with Gasteiger partial charge in [0.15, 0.2) is 0 Å². The normalized spacial score (nSPS) is 16.1. The van der Waals surface area contributed by atoms with Crippen LogP contribution in [0.2, 0.25) is 0 Å². The number of phenolic OH excluding ortho intramolecular Hbond substituents is 1. The molecule has 144 valence electrons. The quantitative estimate of drug-likeness (QED) is 0.818. The molecule has 1 amide bonds. The number of para-hydroxylation sites is 3. The van der Waals surface area contributed by atoms with Gasteiger partial charge in [0.2, 0.25) is 5.91 Å². The number of nitrogens with zero attached hydrogens (tertiary/aromatic N) is 2. The number of aromatic hydroxyl groups is 1. The zero-order valence-electron chi connectivity index (χ0n) is 16.2. The Bertz CT molecular complexity index is 770. The van der Waals surface area contributed by atoms with E-state index in [0.29, 0.717) is 18.2 Å². The summed E-state index contributed by atoms with van der Waals surface area (Å²) in [6, 6.07) is 15.5. The molecule has 5 heteroatoms. The molecule has 0 spiro atoms. The van der Waals surface area contributed by atoms with Crippen LogP contribution in [-0.2, 0) is 4.79 Å². The molecule has 2 aromatic rings. The van der Waals surface area contributed by atoms with Crippen molar-refractivity contribution >= 4 is 17.3 Å². The number of amides is 1. The molecule has 1 aliphatic rings. The van der Waals surface area contributed by atoms with Crippen molar-refractivity contribution in [2.45, 2.75) is 26.2 Å². The molecule has 27 heavy (non-hydrogen) atoms. The van der Waals surface area contributed by atoms with Crippen LogP contribution in [-0.4, -0.2) is 48.6 Å². The van der Waals surface area contributed by atoms with E-state index in [1.54, 1.807) is 6.07 Å². The van der Waals surface area contributed by atoms with Crippen LogP contribution in [0, 0.1) is 0 Å². The minimum absolute atomic E-state index is 0.0294. The summed E-state index contributed by atoms with van der Waals surface area (Å²) in [5, 5.41) is 13.1. The first-order valence-electron chi connectivity index (χ1n) is 9.72. The van der Waals surface area contributed by atoms with E-state index in [9.17, 15) is 9.90 Å². The van der Waals surface area contributed by atoms with Crippen LogP contribution in [0.5, 0.6) is 5.75 Å². The second-order valence-corrected chi connectivity index (χ2v) is 7.20. The van der Waals surface area contributed by atoms with Crippen molar-refractivity contribution in [3.8, 4) is 5.75 Å². The third-order valence-corrected chi connectivity index (χ3v) is 5.34. The topological polar surface area (TPSA) is 55.8 Å². The minimum Gasteiger partial charge on any atom is -0.506 e. The van der Waals surface area contributed by atoms with Gasteiger partial charge < -0.3 is 15.3 Å². The number of phenols is 1. The fourth-order valence-corrected chi connectivity index (χ4v) is 3.53. The Hall–Kier alpha value is -2.53. The van der Waals surface area contributed by atoms with Crippen molar-refractivity contribution < 1.29 is 9.90 Å². The van der Waals surface area contributed by atoms with E-state index in [-0.39, 0.29) is 5.91 Å². The van der Waals surface area contributed by atoms with Gasteiger partial charge in [-0.15, -0.1) is 0 Å². The minimum atomic E-state index is 0.0294. The highest BCUT2D eigenvalue weighted by atomic mass is 16.3. The van der Waals surface area contributed by atoms with E-state index in [1.807, 2.05) is 36.4 Å². The second kappa shape index (κ2) is 8.91. The van der Waals surface area contributed by atoms with Crippen molar-refractivity contribution in [3.63, 3.8) is 0 Å². The van der Waals surface area contributed by atoms with E-state index in [4.69, 9.17) is 0 Å². The van der Waals surface area contributed by atoms with Gasteiger partial charge in [-0.2, -0.15) is 0 Å². The Kier molecular flexibility index (Phi) is 6.35. The lowest BCUT2D eigenvalue weighted by Crippen LogP contribution is -2.48. The van der Waals surface area contributed by atoms with Gasteiger partial charge in [0.1, 0.15) is 5.75 Å². The van der Waals surface area contributed by atoms with Gasteiger partial charge in [-0.3, -0.25) is 9.69 Å². The Morgan fingerprint density at radius 1 is 1.07 bits per heavy atom. The second-order valence-electron chi connectivity index (χ2n) is 7.20. The first-order chi connectivity index (χ1) is 13.1. The number of benzene rings is 2. The highest BCUT2D eigenvalue weighted by molar-refractivity contribution is 5.93. The maximum atomic E-state index is 12.5. The van der Waals surface area contributed by atoms with E-state index in [0.717, 1.165) is 44.0 Å². The van der Waals surface area contributed by atoms with E-state index in [2.05, 4.69) is 35.0 Å². The number of carbonyl (C=O) groups is 1. The molecule has 1 fully saturated rings. The number of nitrogens with one attached hydrogen (secondary N) is 1. The average Bonchev–Trinajstić information content (AvgIpc) is 2.69. The van der Waals surface area contributed by atoms with Crippen LogP contribution in [0.3, 0.4) is 0 Å². The smallest absolute Gasteiger partial charge is 0.238 e. The van der Waals surface area contributed by atoms with Gasteiger partial charge in [-0.1, -0.05) is 44.2 Å². The van der Waals surface area contributed by atoms with Gasteiger partial charge in [0.05, 0.1) is 12.2 Å². The molecule has 0 aromatic heterocycles. The maximum absolute atomic E-state index is 12.5. The van der Waals surface area contributed by atoms with Crippen LogP contribution in [0.1, 0.15) is 31.7 Å². The molecule has 0 bridgehead atoms. The lowest BCUT2D eigenvalue weighted by molar-refractivity contribution is -0.117. The summed E-state index contributed by atoms with van der Waals surface area (Å²) in [5.41, 5.74) is 2.98. The van der Waals surface area contributed by atoms with Gasteiger partial charge in [-0.05, 0) is 36.1 Å². The fourth-order valence-electron chi connectivity index (χ4n) is 3.53. The van der Waals surface area contributed by atoms with Crippen LogP contribution in [0.15, 0.2) is 48.5 Å². The largest absolute Gasteiger partial charge is 0.506 e. The van der Waals surface area contributed by atoms with E-state index in [1.165, 1.54) is 5.56 Å². The number of rotatable bonds is 6. The Labute approximate surface area is 161 Å². The van der Waals surface area contributed by atoms with E-state index >= 15 is 0 Å². The van der Waals surface area contributed by atoms with Crippen LogP contribution >= 0.6 is 0 Å². The highest BCUT2D eigenvalue weighted by Gasteiger charge is 2.21. The lowest BCUT2D eigenvalue weighted by atomic mass is 9.97. The molecular formula is C22H29N3O2. The number of piperazine rings is 1. The van der Waals surface area contributed by atoms with Gasteiger partial charge in [0, 0.05) is 31.9 Å². The van der Waals surface area contributed by atoms with Crippen molar-refractivity contribution in [3.05, 3.63) is 54.1 Å². The van der Waals surface area contributed by atoms with Crippen molar-refractivity contribution in [1.29, 1.82) is 0 Å². The number of anilines is 2. The molecule has 0 unspecified atom stereocenters. The van der Waals surface area contributed by atoms with Crippen molar-refractivity contribution in [2.24, 2.45) is 0 Å². The number of hydrogen-bond acceptors (Lipinski definition) is 4. The molecule has 0 radical (unpaired) electrons. The predicted molar refractivity (Wildman–Crippen MR) is 111 cm³/mol. The summed E-state index contributed by atoms with van der Waals surface area (Å²) in [4.78, 5) is 16.9. The average molecular weight is 367 g/mol. The zero-order chi connectivity index (χ0) is 19.2. The maximum Gasteiger partial charge on any atom is 0.238 e. The summed E-state index contributed by atoms with van der Waals surface area (Å²) in [6.07, 6.45) is 1.04. The van der Waals surface area contributed by atoms with Gasteiger partial charge >= 0.3 is 0 Å². The Balaban J connectivity index is 1.54. The molecule has 2 aromatic carbocycles. The van der Waals surface area contributed by atoms with Crippen molar-refractivity contribution in [1.82, 2.24) is 4.90 Å². The first-order valence-corrected chi connectivity index (χ1v) is 9.72. The van der Waals surface area contributed by atoms with Crippen LogP contribution < -0.4 is 10.2 Å².